The van der Waals surface area contributed by atoms with Gasteiger partial charge in [0, 0.05) is 19.6 Å². The van der Waals surface area contributed by atoms with Crippen molar-refractivity contribution < 1.29 is 32.8 Å². The number of allylic oxidation sites excluding steroid dienone is 8. The summed E-state index contributed by atoms with van der Waals surface area (Å²) in [6.45, 7) is 4.75. The molecule has 0 aromatic carbocycles. The Labute approximate surface area is 307 Å². The Morgan fingerprint density at radius 1 is 0.620 bits per heavy atom. The second-order valence-electron chi connectivity index (χ2n) is 13.1. The standard InChI is InChI=1S/C41H76NO7P/c1-3-5-7-9-11-12-13-14-15-16-17-18-19-20-21-22-23-24-25-26-27-29-31-33-36-46-38-40(39-48-50(44,45)47-37-35-42)49-41(43)34-32-30-28-10-8-6-4-2/h5,7,11-12,14-15,17-18,40H,3-4,6,8-10,13,16,19-39,42H2,1-2H3,(H,44,45)/b7-5-,12-11-,15-14-,18-17-. The van der Waals surface area contributed by atoms with E-state index in [0.717, 1.165) is 57.8 Å². The number of hydrogen-bond acceptors (Lipinski definition) is 7. The molecule has 0 aromatic rings. The molecule has 0 radical (unpaired) electrons. The Morgan fingerprint density at radius 3 is 1.68 bits per heavy atom. The summed E-state index contributed by atoms with van der Waals surface area (Å²) >= 11 is 0. The number of phosphoric acid groups is 1. The maximum Gasteiger partial charge on any atom is 0.472 e. The molecule has 0 aromatic heterocycles. The van der Waals surface area contributed by atoms with E-state index in [1.54, 1.807) is 0 Å². The van der Waals surface area contributed by atoms with E-state index < -0.39 is 13.9 Å². The molecule has 0 aliphatic carbocycles. The van der Waals surface area contributed by atoms with Crippen molar-refractivity contribution in [3.05, 3.63) is 48.6 Å². The van der Waals surface area contributed by atoms with Gasteiger partial charge in [-0.1, -0.05) is 159 Å². The molecule has 0 spiro atoms. The highest BCUT2D eigenvalue weighted by Gasteiger charge is 2.25. The molecule has 8 nitrogen and oxygen atoms in total. The van der Waals surface area contributed by atoms with E-state index >= 15 is 0 Å². The van der Waals surface area contributed by atoms with Crippen LogP contribution in [0.2, 0.25) is 0 Å². The molecular weight excluding hydrogens is 649 g/mol. The van der Waals surface area contributed by atoms with Crippen molar-refractivity contribution in [3.63, 3.8) is 0 Å². The van der Waals surface area contributed by atoms with Crippen molar-refractivity contribution in [2.45, 2.75) is 174 Å². The van der Waals surface area contributed by atoms with Crippen molar-refractivity contribution in [2.24, 2.45) is 5.73 Å². The van der Waals surface area contributed by atoms with Gasteiger partial charge < -0.3 is 20.1 Å². The Bertz CT molecular complexity index is 905. The third-order valence-electron chi connectivity index (χ3n) is 8.26. The highest BCUT2D eigenvalue weighted by Crippen LogP contribution is 2.43. The van der Waals surface area contributed by atoms with Crippen LogP contribution in [0.15, 0.2) is 48.6 Å². The molecule has 0 amide bonds. The predicted octanol–water partition coefficient (Wildman–Crippen LogP) is 11.6. The summed E-state index contributed by atoms with van der Waals surface area (Å²) in [4.78, 5) is 22.2. The number of nitrogens with two attached hydrogens (primary N) is 1. The van der Waals surface area contributed by atoms with Crippen LogP contribution in [0.25, 0.3) is 0 Å². The normalized spacial score (nSPS) is 14.1. The summed E-state index contributed by atoms with van der Waals surface area (Å²) in [6, 6.07) is 0. The number of carbonyl (C=O) groups is 1. The van der Waals surface area contributed by atoms with E-state index in [1.807, 2.05) is 0 Å². The van der Waals surface area contributed by atoms with Gasteiger partial charge in [-0.05, 0) is 51.4 Å². The number of phosphoric ester groups is 1. The van der Waals surface area contributed by atoms with Crippen molar-refractivity contribution in [1.29, 1.82) is 0 Å². The minimum absolute atomic E-state index is 0.0965. The molecule has 0 aliphatic rings. The second kappa shape index (κ2) is 38.7. The topological polar surface area (TPSA) is 117 Å². The molecule has 0 saturated carbocycles. The minimum atomic E-state index is -4.26. The Kier molecular flexibility index (Phi) is 37.5. The van der Waals surface area contributed by atoms with Gasteiger partial charge in [-0.15, -0.1) is 0 Å². The Morgan fingerprint density at radius 2 is 1.12 bits per heavy atom. The zero-order chi connectivity index (χ0) is 36.6. The van der Waals surface area contributed by atoms with Gasteiger partial charge in [0.2, 0.25) is 0 Å². The summed E-state index contributed by atoms with van der Waals surface area (Å²) in [5.74, 6) is -0.340. The first kappa shape index (κ1) is 48.5. The zero-order valence-corrected chi connectivity index (χ0v) is 33.0. The molecular formula is C41H76NO7P. The number of unbranched alkanes of at least 4 members (excludes halogenated alkanes) is 17. The molecule has 50 heavy (non-hydrogen) atoms. The molecule has 3 N–H and O–H groups in total. The number of rotatable bonds is 38. The first-order valence-electron chi connectivity index (χ1n) is 20.1. The first-order valence-corrected chi connectivity index (χ1v) is 21.6. The molecule has 0 bridgehead atoms. The Hall–Kier alpha value is -1.54. The van der Waals surface area contributed by atoms with Gasteiger partial charge in [0.05, 0.1) is 19.8 Å². The maximum atomic E-state index is 12.4. The molecule has 0 aliphatic heterocycles. The fraction of sp³-hybridized carbons (Fsp3) is 0.780. The molecule has 0 saturated heterocycles. The minimum Gasteiger partial charge on any atom is -0.457 e. The van der Waals surface area contributed by atoms with Crippen LogP contribution in [0.3, 0.4) is 0 Å². The van der Waals surface area contributed by atoms with Gasteiger partial charge in [-0.3, -0.25) is 13.8 Å². The van der Waals surface area contributed by atoms with Crippen LogP contribution in [0.5, 0.6) is 0 Å². The summed E-state index contributed by atoms with van der Waals surface area (Å²) in [6.07, 6.45) is 44.4. The van der Waals surface area contributed by atoms with Crippen molar-refractivity contribution >= 4 is 13.8 Å². The lowest BCUT2D eigenvalue weighted by atomic mass is 10.1. The van der Waals surface area contributed by atoms with E-state index in [0.29, 0.717) is 13.0 Å². The first-order chi connectivity index (χ1) is 24.4. The van der Waals surface area contributed by atoms with E-state index in [2.05, 4.69) is 62.5 Å². The molecule has 292 valence electrons. The monoisotopic (exact) mass is 726 g/mol. The molecule has 2 atom stereocenters. The second-order valence-corrected chi connectivity index (χ2v) is 14.6. The van der Waals surface area contributed by atoms with Crippen LogP contribution in [0.1, 0.15) is 168 Å². The van der Waals surface area contributed by atoms with Gasteiger partial charge in [0.15, 0.2) is 0 Å². The van der Waals surface area contributed by atoms with Crippen molar-refractivity contribution in [2.75, 3.05) is 33.0 Å². The fourth-order valence-corrected chi connectivity index (χ4v) is 6.11. The van der Waals surface area contributed by atoms with E-state index in [9.17, 15) is 14.3 Å². The van der Waals surface area contributed by atoms with Gasteiger partial charge in [0.25, 0.3) is 0 Å². The van der Waals surface area contributed by atoms with Crippen molar-refractivity contribution in [1.82, 2.24) is 0 Å². The van der Waals surface area contributed by atoms with Gasteiger partial charge >= 0.3 is 13.8 Å². The van der Waals surface area contributed by atoms with Crippen LogP contribution in [0, 0.1) is 0 Å². The SMILES string of the molecule is CC/C=C\C/C=C\C/C=C\C/C=C\CCCCCCCCCCCCCOCC(COP(=O)(O)OCCN)OC(=O)CCCCCCCCC. The average Bonchev–Trinajstić information content (AvgIpc) is 3.10. The van der Waals surface area contributed by atoms with Gasteiger partial charge in [-0.2, -0.15) is 0 Å². The maximum absolute atomic E-state index is 12.4. The third kappa shape index (κ3) is 37.7. The van der Waals surface area contributed by atoms with Crippen LogP contribution < -0.4 is 5.73 Å². The lowest BCUT2D eigenvalue weighted by Crippen LogP contribution is -2.28. The van der Waals surface area contributed by atoms with E-state index in [-0.39, 0.29) is 32.3 Å². The predicted molar refractivity (Wildman–Crippen MR) is 210 cm³/mol. The Balaban J connectivity index is 3.88. The van der Waals surface area contributed by atoms with Gasteiger partial charge in [0.1, 0.15) is 6.10 Å². The van der Waals surface area contributed by atoms with E-state index in [1.165, 1.54) is 89.9 Å². The lowest BCUT2D eigenvalue weighted by Gasteiger charge is -2.20. The van der Waals surface area contributed by atoms with Crippen LogP contribution in [-0.4, -0.2) is 49.9 Å². The van der Waals surface area contributed by atoms with Gasteiger partial charge in [-0.25, -0.2) is 4.57 Å². The quantitative estimate of drug-likeness (QED) is 0.0279. The zero-order valence-electron chi connectivity index (χ0n) is 32.1. The van der Waals surface area contributed by atoms with Crippen LogP contribution >= 0.6 is 7.82 Å². The highest BCUT2D eigenvalue weighted by atomic mass is 31.2. The third-order valence-corrected chi connectivity index (χ3v) is 9.24. The summed E-state index contributed by atoms with van der Waals surface area (Å²) in [5, 5.41) is 0. The molecule has 9 heteroatoms. The molecule has 0 heterocycles. The van der Waals surface area contributed by atoms with Crippen LogP contribution in [0.4, 0.5) is 0 Å². The average molecular weight is 726 g/mol. The lowest BCUT2D eigenvalue weighted by molar-refractivity contribution is -0.154. The summed E-state index contributed by atoms with van der Waals surface area (Å²) < 4.78 is 33.2. The summed E-state index contributed by atoms with van der Waals surface area (Å²) in [7, 11) is -4.26. The number of ether oxygens (including phenoxy) is 2. The number of carbonyl (C=O) groups excluding carboxylic acids is 1. The highest BCUT2D eigenvalue weighted by molar-refractivity contribution is 7.47. The molecule has 0 fully saturated rings. The summed E-state index contributed by atoms with van der Waals surface area (Å²) in [5.41, 5.74) is 5.34. The smallest absolute Gasteiger partial charge is 0.457 e. The van der Waals surface area contributed by atoms with Crippen LogP contribution in [-0.2, 0) is 27.9 Å². The number of hydrogen-bond donors (Lipinski definition) is 2. The van der Waals surface area contributed by atoms with E-state index in [4.69, 9.17) is 24.3 Å². The number of esters is 1. The molecule has 0 rings (SSSR count). The fourth-order valence-electron chi connectivity index (χ4n) is 5.34. The largest absolute Gasteiger partial charge is 0.472 e. The molecule has 2 unspecified atom stereocenters. The van der Waals surface area contributed by atoms with Crippen molar-refractivity contribution in [3.8, 4) is 0 Å².